The maximum atomic E-state index is 14.5. The number of aromatic nitrogens is 2. The van der Waals surface area contributed by atoms with Crippen LogP contribution in [-0.4, -0.2) is 33.2 Å². The Bertz CT molecular complexity index is 1190. The highest BCUT2D eigenvalue weighted by Gasteiger charge is 2.31. The average molecular weight is 493 g/mol. The van der Waals surface area contributed by atoms with Crippen LogP contribution in [-0.2, 0) is 22.4 Å². The van der Waals surface area contributed by atoms with Crippen LogP contribution in [0.3, 0.4) is 0 Å². The van der Waals surface area contributed by atoms with Crippen LogP contribution in [0.2, 0.25) is 10.0 Å². The van der Waals surface area contributed by atoms with Gasteiger partial charge in [0.25, 0.3) is 5.03 Å². The number of halogens is 3. The van der Waals surface area contributed by atoms with E-state index in [9.17, 15) is 8.94 Å². The number of hydrogen-bond acceptors (Lipinski definition) is 6. The Morgan fingerprint density at radius 2 is 1.97 bits per heavy atom. The van der Waals surface area contributed by atoms with Crippen LogP contribution in [0.1, 0.15) is 22.4 Å². The Hall–Kier alpha value is -2.39. The molecule has 0 radical (unpaired) electrons. The summed E-state index contributed by atoms with van der Waals surface area (Å²) in [5.41, 5.74) is 3.04. The Kier molecular flexibility index (Phi) is 6.85. The molecule has 166 valence electrons. The van der Waals surface area contributed by atoms with Crippen molar-refractivity contribution in [2.45, 2.75) is 36.2 Å². The summed E-state index contributed by atoms with van der Waals surface area (Å²) in [4.78, 5) is 5.36. The van der Waals surface area contributed by atoms with E-state index < -0.39 is 17.0 Å². The van der Waals surface area contributed by atoms with Crippen LogP contribution in [0, 0.1) is 19.7 Å². The zero-order valence-electron chi connectivity index (χ0n) is 17.2. The summed E-state index contributed by atoms with van der Waals surface area (Å²) in [6.45, 7) is 4.05. The largest absolute Gasteiger partial charge is 0.605 e. The van der Waals surface area contributed by atoms with E-state index in [0.29, 0.717) is 35.1 Å². The summed E-state index contributed by atoms with van der Waals surface area (Å²) in [5.74, 6) is -0.421. The predicted octanol–water partition coefficient (Wildman–Crippen LogP) is 4.60. The van der Waals surface area contributed by atoms with Crippen LogP contribution in [0.25, 0.3) is 0 Å². The lowest BCUT2D eigenvalue weighted by Gasteiger charge is -2.25. The Morgan fingerprint density at radius 1 is 1.16 bits per heavy atom. The molecular formula is C22H19Cl2FN4O2S. The van der Waals surface area contributed by atoms with Gasteiger partial charge < -0.3 is 14.7 Å². The third-order valence-corrected chi connectivity index (χ3v) is 6.89. The highest BCUT2D eigenvalue weighted by atomic mass is 35.5. The molecule has 10 heteroatoms. The van der Waals surface area contributed by atoms with Gasteiger partial charge in [-0.05, 0) is 55.7 Å². The summed E-state index contributed by atoms with van der Waals surface area (Å²) in [5, 5.41) is 16.1. The molecule has 3 aromatic rings. The maximum Gasteiger partial charge on any atom is 0.280 e. The van der Waals surface area contributed by atoms with Crippen molar-refractivity contribution in [2.24, 2.45) is 5.16 Å². The van der Waals surface area contributed by atoms with E-state index in [1.807, 2.05) is 25.1 Å². The second kappa shape index (κ2) is 9.62. The van der Waals surface area contributed by atoms with Crippen molar-refractivity contribution in [3.63, 3.8) is 0 Å². The number of oxime groups is 1. The van der Waals surface area contributed by atoms with Crippen molar-refractivity contribution in [3.05, 3.63) is 80.7 Å². The van der Waals surface area contributed by atoms with Gasteiger partial charge in [0.15, 0.2) is 16.5 Å². The van der Waals surface area contributed by atoms with Crippen molar-refractivity contribution in [1.82, 2.24) is 15.5 Å². The Morgan fingerprint density at radius 3 is 2.75 bits per heavy atom. The zero-order valence-corrected chi connectivity index (χ0v) is 19.6. The van der Waals surface area contributed by atoms with Gasteiger partial charge in [-0.1, -0.05) is 51.7 Å². The summed E-state index contributed by atoms with van der Waals surface area (Å²) < 4.78 is 27.7. The number of benzene rings is 2. The zero-order chi connectivity index (χ0) is 22.8. The maximum absolute atomic E-state index is 14.5. The number of nitrogens with zero attached hydrogens (tertiary/aromatic N) is 3. The van der Waals surface area contributed by atoms with Gasteiger partial charge in [-0.15, -0.1) is 0 Å². The van der Waals surface area contributed by atoms with Crippen LogP contribution in [0.5, 0.6) is 0 Å². The molecule has 1 N–H and O–H groups in total. The fraction of sp³-hybridized carbons (Fsp3) is 0.227. The molecule has 0 spiro atoms. The number of amidine groups is 1. The van der Waals surface area contributed by atoms with Crippen molar-refractivity contribution >= 4 is 40.2 Å². The topological polar surface area (TPSA) is 82.5 Å². The molecule has 2 atom stereocenters. The monoisotopic (exact) mass is 492 g/mol. The quantitative estimate of drug-likeness (QED) is 0.526. The normalized spacial score (nSPS) is 16.7. The highest BCUT2D eigenvalue weighted by Crippen LogP contribution is 2.29. The van der Waals surface area contributed by atoms with Crippen molar-refractivity contribution in [2.75, 3.05) is 6.61 Å². The molecule has 1 aliphatic rings. The number of rotatable bonds is 5. The van der Waals surface area contributed by atoms with Gasteiger partial charge in [0.05, 0.1) is 22.3 Å². The first kappa shape index (κ1) is 22.8. The predicted molar refractivity (Wildman–Crippen MR) is 122 cm³/mol. The van der Waals surface area contributed by atoms with Crippen molar-refractivity contribution in [1.29, 1.82) is 0 Å². The van der Waals surface area contributed by atoms with E-state index in [1.54, 1.807) is 13.0 Å². The van der Waals surface area contributed by atoms with Gasteiger partial charge in [-0.2, -0.15) is 9.49 Å². The van der Waals surface area contributed by atoms with E-state index in [2.05, 4.69) is 20.7 Å². The van der Waals surface area contributed by atoms with Crippen molar-refractivity contribution < 1.29 is 13.8 Å². The van der Waals surface area contributed by atoms with Crippen LogP contribution in [0.15, 0.2) is 57.5 Å². The SMILES string of the molecule is Cc1ccc(CC2CON=C(c3cc(C)nnc3[S+]([O-])c3cccc(Cl)c3F)N2)c(Cl)c1. The summed E-state index contributed by atoms with van der Waals surface area (Å²) >= 11 is 10.3. The van der Waals surface area contributed by atoms with Gasteiger partial charge in [-0.25, -0.2) is 0 Å². The van der Waals surface area contributed by atoms with Crippen LogP contribution < -0.4 is 5.32 Å². The molecule has 0 saturated carbocycles. The second-order valence-electron chi connectivity index (χ2n) is 7.40. The molecule has 6 nitrogen and oxygen atoms in total. The second-order valence-corrected chi connectivity index (χ2v) is 9.58. The van der Waals surface area contributed by atoms with Gasteiger partial charge >= 0.3 is 0 Å². The fourth-order valence-electron chi connectivity index (χ4n) is 3.29. The lowest BCUT2D eigenvalue weighted by molar-refractivity contribution is 0.109. The Balaban J connectivity index is 1.64. The standard InChI is InChI=1S/C22H19Cl2FN4O2S/c1-12-6-7-14(18(24)8-12)10-15-11-31-29-21(26-15)16-9-13(2)27-28-22(16)32(30)19-5-3-4-17(23)20(19)25/h3-9,15H,10-11H2,1-2H3,(H,26,29). The third kappa shape index (κ3) is 4.83. The molecular weight excluding hydrogens is 474 g/mol. The van der Waals surface area contributed by atoms with Gasteiger partial charge in [0.2, 0.25) is 0 Å². The molecule has 1 aliphatic heterocycles. The molecule has 4 rings (SSSR count). The minimum atomic E-state index is -1.98. The molecule has 1 aromatic heterocycles. The van der Waals surface area contributed by atoms with E-state index in [0.717, 1.165) is 11.1 Å². The van der Waals surface area contributed by atoms with E-state index in [1.165, 1.54) is 18.2 Å². The minimum absolute atomic E-state index is 0.0561. The fourth-order valence-corrected chi connectivity index (χ4v) is 4.99. The van der Waals surface area contributed by atoms with E-state index in [-0.39, 0.29) is 21.0 Å². The lowest BCUT2D eigenvalue weighted by atomic mass is 10.0. The molecule has 2 heterocycles. The molecule has 2 unspecified atom stereocenters. The smallest absolute Gasteiger partial charge is 0.280 e. The first-order chi connectivity index (χ1) is 15.3. The average Bonchev–Trinajstić information content (AvgIpc) is 2.77. The Labute approximate surface area is 198 Å². The molecule has 0 saturated heterocycles. The molecule has 2 aromatic carbocycles. The number of aryl methyl sites for hydroxylation is 2. The summed E-state index contributed by atoms with van der Waals surface area (Å²) in [6, 6.07) is 11.7. The number of hydrogen-bond donors (Lipinski definition) is 1. The lowest BCUT2D eigenvalue weighted by Crippen LogP contribution is -2.44. The van der Waals surface area contributed by atoms with Gasteiger partial charge in [0, 0.05) is 16.2 Å². The third-order valence-electron chi connectivity index (χ3n) is 4.88. The first-order valence-electron chi connectivity index (χ1n) is 9.75. The van der Waals surface area contributed by atoms with Gasteiger partial charge in [-0.3, -0.25) is 0 Å². The molecule has 0 bridgehead atoms. The molecule has 0 aliphatic carbocycles. The number of nitrogens with one attached hydrogen (secondary N) is 1. The molecule has 0 fully saturated rings. The van der Waals surface area contributed by atoms with Crippen LogP contribution >= 0.6 is 23.2 Å². The van der Waals surface area contributed by atoms with E-state index >= 15 is 0 Å². The summed E-state index contributed by atoms with van der Waals surface area (Å²) in [7, 11) is 0. The summed E-state index contributed by atoms with van der Waals surface area (Å²) in [6.07, 6.45) is 0.594. The highest BCUT2D eigenvalue weighted by molar-refractivity contribution is 7.91. The van der Waals surface area contributed by atoms with E-state index in [4.69, 9.17) is 28.0 Å². The molecule has 0 amide bonds. The van der Waals surface area contributed by atoms with Gasteiger partial charge in [0.1, 0.15) is 6.61 Å². The first-order valence-corrected chi connectivity index (χ1v) is 11.7. The van der Waals surface area contributed by atoms with Crippen molar-refractivity contribution in [3.8, 4) is 0 Å². The molecule has 32 heavy (non-hydrogen) atoms. The minimum Gasteiger partial charge on any atom is -0.605 e. The van der Waals surface area contributed by atoms with Crippen LogP contribution in [0.4, 0.5) is 4.39 Å².